The molecule has 0 spiro atoms. The third-order valence-electron chi connectivity index (χ3n) is 4.14. The first-order valence-electron chi connectivity index (χ1n) is 8.62. The normalized spacial score (nSPS) is 15.7. The molecule has 1 aliphatic heterocycles. The summed E-state index contributed by atoms with van der Waals surface area (Å²) in [5, 5.41) is 12.0. The lowest BCUT2D eigenvalue weighted by molar-refractivity contribution is -0.117. The van der Waals surface area contributed by atoms with Crippen LogP contribution in [-0.2, 0) is 16.1 Å². The highest BCUT2D eigenvalue weighted by Crippen LogP contribution is 2.09. The van der Waals surface area contributed by atoms with Gasteiger partial charge in [-0.3, -0.25) is 9.69 Å². The number of amides is 1. The third kappa shape index (κ3) is 6.57. The van der Waals surface area contributed by atoms with E-state index in [-0.39, 0.29) is 11.5 Å². The molecule has 0 saturated carbocycles. The van der Waals surface area contributed by atoms with Gasteiger partial charge in [-0.1, -0.05) is 30.3 Å². The Morgan fingerprint density at radius 3 is 2.64 bits per heavy atom. The van der Waals surface area contributed by atoms with Gasteiger partial charge in [-0.2, -0.15) is 5.26 Å². The molecule has 1 N–H and O–H groups in total. The first kappa shape index (κ1) is 19.0. The van der Waals surface area contributed by atoms with Crippen molar-refractivity contribution < 1.29 is 9.53 Å². The molecule has 0 atom stereocenters. The SMILES string of the molecule is COCCCNC(=O)/C(C#N)=C\N1CCN(Cc2ccccc2)CC1. The minimum atomic E-state index is -0.315. The Bertz CT molecular complexity index is 602. The predicted octanol–water partition coefficient (Wildman–Crippen LogP) is 1.36. The molecule has 6 heteroatoms. The number of benzene rings is 1. The predicted molar refractivity (Wildman–Crippen MR) is 96.5 cm³/mol. The summed E-state index contributed by atoms with van der Waals surface area (Å²) in [6.07, 6.45) is 2.42. The van der Waals surface area contributed by atoms with Crippen LogP contribution in [0.25, 0.3) is 0 Å². The zero-order valence-electron chi connectivity index (χ0n) is 14.8. The molecule has 1 aromatic carbocycles. The van der Waals surface area contributed by atoms with Crippen LogP contribution in [0, 0.1) is 11.3 Å². The molecule has 1 fully saturated rings. The van der Waals surface area contributed by atoms with Crippen LogP contribution in [0.5, 0.6) is 0 Å². The van der Waals surface area contributed by atoms with Crippen molar-refractivity contribution >= 4 is 5.91 Å². The van der Waals surface area contributed by atoms with Crippen molar-refractivity contribution in [1.82, 2.24) is 15.1 Å². The molecule has 1 saturated heterocycles. The first-order valence-corrected chi connectivity index (χ1v) is 8.62. The molecule has 0 aromatic heterocycles. The summed E-state index contributed by atoms with van der Waals surface area (Å²) >= 11 is 0. The molecular formula is C19H26N4O2. The highest BCUT2D eigenvalue weighted by molar-refractivity contribution is 5.97. The fourth-order valence-corrected chi connectivity index (χ4v) is 2.73. The summed E-state index contributed by atoms with van der Waals surface area (Å²) in [6, 6.07) is 12.4. The molecule has 134 valence electrons. The van der Waals surface area contributed by atoms with Crippen LogP contribution in [0.15, 0.2) is 42.1 Å². The summed E-state index contributed by atoms with van der Waals surface area (Å²) in [6.45, 7) is 5.50. The van der Waals surface area contributed by atoms with Crippen LogP contribution in [0.2, 0.25) is 0 Å². The summed E-state index contributed by atoms with van der Waals surface area (Å²) in [5.74, 6) is -0.315. The lowest BCUT2D eigenvalue weighted by Crippen LogP contribution is -2.44. The monoisotopic (exact) mass is 342 g/mol. The van der Waals surface area contributed by atoms with Gasteiger partial charge in [0, 0.05) is 59.2 Å². The van der Waals surface area contributed by atoms with E-state index in [0.29, 0.717) is 13.2 Å². The maximum Gasteiger partial charge on any atom is 0.263 e. The number of rotatable bonds is 8. The third-order valence-corrected chi connectivity index (χ3v) is 4.14. The second-order valence-electron chi connectivity index (χ2n) is 6.05. The Labute approximate surface area is 149 Å². The number of methoxy groups -OCH3 is 1. The molecule has 1 amide bonds. The number of carbonyl (C=O) groups is 1. The summed E-state index contributed by atoms with van der Waals surface area (Å²) in [7, 11) is 1.62. The smallest absolute Gasteiger partial charge is 0.263 e. The molecule has 0 unspecified atom stereocenters. The van der Waals surface area contributed by atoms with E-state index in [1.54, 1.807) is 13.3 Å². The fourth-order valence-electron chi connectivity index (χ4n) is 2.73. The number of nitrogens with zero attached hydrogens (tertiary/aromatic N) is 3. The Hall–Kier alpha value is -2.36. The van der Waals surface area contributed by atoms with Gasteiger partial charge >= 0.3 is 0 Å². The van der Waals surface area contributed by atoms with Crippen LogP contribution in [0.1, 0.15) is 12.0 Å². The maximum atomic E-state index is 12.0. The van der Waals surface area contributed by atoms with Gasteiger partial charge in [-0.25, -0.2) is 0 Å². The van der Waals surface area contributed by atoms with Crippen molar-refractivity contribution in [2.75, 3.05) is 46.4 Å². The van der Waals surface area contributed by atoms with E-state index in [1.807, 2.05) is 12.1 Å². The summed E-state index contributed by atoms with van der Waals surface area (Å²) in [4.78, 5) is 16.5. The largest absolute Gasteiger partial charge is 0.385 e. The molecular weight excluding hydrogens is 316 g/mol. The van der Waals surface area contributed by atoms with Crippen molar-refractivity contribution in [3.05, 3.63) is 47.7 Å². The van der Waals surface area contributed by atoms with E-state index in [2.05, 4.69) is 39.4 Å². The number of hydrogen-bond donors (Lipinski definition) is 1. The van der Waals surface area contributed by atoms with Gasteiger partial charge in [-0.15, -0.1) is 0 Å². The molecule has 1 heterocycles. The summed E-state index contributed by atoms with van der Waals surface area (Å²) < 4.78 is 4.94. The van der Waals surface area contributed by atoms with Gasteiger partial charge in [0.1, 0.15) is 11.6 Å². The van der Waals surface area contributed by atoms with E-state index in [9.17, 15) is 10.1 Å². The number of nitriles is 1. The second kappa shape index (κ2) is 10.5. The first-order chi connectivity index (χ1) is 12.2. The summed E-state index contributed by atoms with van der Waals surface area (Å²) in [5.41, 5.74) is 1.47. The number of piperazine rings is 1. The minimum absolute atomic E-state index is 0.161. The van der Waals surface area contributed by atoms with Crippen molar-refractivity contribution in [3.8, 4) is 6.07 Å². The van der Waals surface area contributed by atoms with Crippen molar-refractivity contribution in [2.45, 2.75) is 13.0 Å². The minimum Gasteiger partial charge on any atom is -0.385 e. The van der Waals surface area contributed by atoms with Gasteiger partial charge in [0.05, 0.1) is 0 Å². The van der Waals surface area contributed by atoms with Crippen LogP contribution in [0.3, 0.4) is 0 Å². The van der Waals surface area contributed by atoms with Crippen molar-refractivity contribution in [1.29, 1.82) is 5.26 Å². The average Bonchev–Trinajstić information content (AvgIpc) is 2.65. The Morgan fingerprint density at radius 2 is 2.00 bits per heavy atom. The zero-order valence-corrected chi connectivity index (χ0v) is 14.8. The fraction of sp³-hybridized carbons (Fsp3) is 0.474. The van der Waals surface area contributed by atoms with E-state index < -0.39 is 0 Å². The number of hydrogen-bond acceptors (Lipinski definition) is 5. The van der Waals surface area contributed by atoms with Crippen LogP contribution >= 0.6 is 0 Å². The number of carbonyl (C=O) groups excluding carboxylic acids is 1. The number of nitrogens with one attached hydrogen (secondary N) is 1. The lowest BCUT2D eigenvalue weighted by Gasteiger charge is -2.34. The van der Waals surface area contributed by atoms with Crippen LogP contribution in [-0.4, -0.2) is 62.1 Å². The molecule has 2 rings (SSSR count). The Balaban J connectivity index is 1.79. The van der Waals surface area contributed by atoms with Crippen molar-refractivity contribution in [2.24, 2.45) is 0 Å². The molecule has 0 radical (unpaired) electrons. The average molecular weight is 342 g/mol. The van der Waals surface area contributed by atoms with E-state index in [1.165, 1.54) is 5.56 Å². The highest BCUT2D eigenvalue weighted by atomic mass is 16.5. The second-order valence-corrected chi connectivity index (χ2v) is 6.05. The number of ether oxygens (including phenoxy) is 1. The molecule has 0 aliphatic carbocycles. The molecule has 1 aliphatic rings. The quantitative estimate of drug-likeness (QED) is 0.439. The van der Waals surface area contributed by atoms with Crippen molar-refractivity contribution in [3.63, 3.8) is 0 Å². The van der Waals surface area contributed by atoms with Gasteiger partial charge in [0.25, 0.3) is 5.91 Å². The zero-order chi connectivity index (χ0) is 17.9. The highest BCUT2D eigenvalue weighted by Gasteiger charge is 2.17. The van der Waals surface area contributed by atoms with E-state index in [0.717, 1.165) is 39.1 Å². The van der Waals surface area contributed by atoms with Gasteiger partial charge in [0.2, 0.25) is 0 Å². The lowest BCUT2D eigenvalue weighted by atomic mass is 10.2. The molecule has 1 aromatic rings. The maximum absolute atomic E-state index is 12.0. The Morgan fingerprint density at radius 1 is 1.28 bits per heavy atom. The van der Waals surface area contributed by atoms with Crippen LogP contribution < -0.4 is 5.32 Å². The Kier molecular flexibility index (Phi) is 7.96. The molecule has 6 nitrogen and oxygen atoms in total. The van der Waals surface area contributed by atoms with E-state index in [4.69, 9.17) is 4.74 Å². The topological polar surface area (TPSA) is 68.6 Å². The van der Waals surface area contributed by atoms with Crippen LogP contribution in [0.4, 0.5) is 0 Å². The van der Waals surface area contributed by atoms with Gasteiger partial charge in [-0.05, 0) is 12.0 Å². The van der Waals surface area contributed by atoms with Gasteiger partial charge < -0.3 is 15.0 Å². The standard InChI is InChI=1S/C19H26N4O2/c1-25-13-5-8-21-19(24)18(14-20)16-23-11-9-22(10-12-23)15-17-6-3-2-4-7-17/h2-4,6-7,16H,5,8-13,15H2,1H3,(H,21,24)/b18-16-. The van der Waals surface area contributed by atoms with Gasteiger partial charge in [0.15, 0.2) is 0 Å². The molecule has 0 bridgehead atoms. The van der Waals surface area contributed by atoms with E-state index >= 15 is 0 Å². The molecule has 25 heavy (non-hydrogen) atoms.